The van der Waals surface area contributed by atoms with Gasteiger partial charge in [-0.3, -0.25) is 19.6 Å². The highest BCUT2D eigenvalue weighted by Crippen LogP contribution is 2.20. The van der Waals surface area contributed by atoms with E-state index in [9.17, 15) is 13.2 Å². The van der Waals surface area contributed by atoms with E-state index in [1.54, 1.807) is 13.8 Å². The second-order valence-electron chi connectivity index (χ2n) is 4.48. The minimum Gasteiger partial charge on any atom is -0.481 e. The van der Waals surface area contributed by atoms with E-state index in [0.717, 1.165) is 0 Å². The van der Waals surface area contributed by atoms with Crippen molar-refractivity contribution in [2.45, 2.75) is 25.2 Å². The first-order valence-corrected chi connectivity index (χ1v) is 7.49. The number of nitrogens with one attached hydrogen (secondary N) is 2. The molecule has 21 heavy (non-hydrogen) atoms. The highest BCUT2D eigenvalue weighted by atomic mass is 32.2. The normalized spacial score (nSPS) is 11.3. The summed E-state index contributed by atoms with van der Waals surface area (Å²) in [6, 6.07) is 2.93. The second kappa shape index (κ2) is 5.52. The maximum Gasteiger partial charge on any atom is 0.309 e. The predicted octanol–water partition coefficient (Wildman–Crippen LogP) is 0.849. The fourth-order valence-electron chi connectivity index (χ4n) is 1.89. The number of nitrogens with zero attached hydrogens (tertiary/aromatic N) is 2. The number of anilines is 1. The molecular formula is C12H14N4O4S. The van der Waals surface area contributed by atoms with E-state index in [2.05, 4.69) is 19.9 Å². The van der Waals surface area contributed by atoms with Gasteiger partial charge < -0.3 is 5.11 Å². The molecular weight excluding hydrogens is 296 g/mol. The van der Waals surface area contributed by atoms with Crippen molar-refractivity contribution in [3.63, 3.8) is 0 Å². The number of sulfonamides is 1. The number of aromatic amines is 1. The molecule has 8 nitrogen and oxygen atoms in total. The Kier molecular flexibility index (Phi) is 3.94. The van der Waals surface area contributed by atoms with Gasteiger partial charge in [-0.25, -0.2) is 8.42 Å². The van der Waals surface area contributed by atoms with E-state index >= 15 is 0 Å². The summed E-state index contributed by atoms with van der Waals surface area (Å²) in [5.74, 6) is -1.000. The van der Waals surface area contributed by atoms with Crippen LogP contribution >= 0.6 is 0 Å². The molecule has 0 bridgehead atoms. The van der Waals surface area contributed by atoms with E-state index in [1.807, 2.05) is 0 Å². The summed E-state index contributed by atoms with van der Waals surface area (Å²) in [6.07, 6.45) is 1.06. The van der Waals surface area contributed by atoms with Gasteiger partial charge in [0, 0.05) is 0 Å². The molecule has 0 aliphatic heterocycles. The van der Waals surface area contributed by atoms with Gasteiger partial charge in [-0.2, -0.15) is 5.10 Å². The summed E-state index contributed by atoms with van der Waals surface area (Å²) in [4.78, 5) is 14.5. The van der Waals surface area contributed by atoms with Crippen molar-refractivity contribution in [3.05, 3.63) is 35.4 Å². The number of hydrogen-bond acceptors (Lipinski definition) is 5. The molecule has 2 aromatic heterocycles. The lowest BCUT2D eigenvalue weighted by Gasteiger charge is -2.08. The molecule has 0 spiro atoms. The third-order valence-corrected chi connectivity index (χ3v) is 4.38. The van der Waals surface area contributed by atoms with Gasteiger partial charge in [-0.1, -0.05) is 0 Å². The van der Waals surface area contributed by atoms with Gasteiger partial charge in [0.05, 0.1) is 35.4 Å². The number of aryl methyl sites for hydroxylation is 2. The molecule has 2 heterocycles. The van der Waals surface area contributed by atoms with Gasteiger partial charge in [0.1, 0.15) is 4.90 Å². The molecule has 112 valence electrons. The largest absolute Gasteiger partial charge is 0.481 e. The van der Waals surface area contributed by atoms with Crippen molar-refractivity contribution in [1.29, 1.82) is 0 Å². The zero-order chi connectivity index (χ0) is 15.6. The average Bonchev–Trinajstić information content (AvgIpc) is 2.71. The van der Waals surface area contributed by atoms with Crippen LogP contribution in [0.5, 0.6) is 0 Å². The quantitative estimate of drug-likeness (QED) is 0.751. The first kappa shape index (κ1) is 15.0. The first-order valence-electron chi connectivity index (χ1n) is 6.00. The van der Waals surface area contributed by atoms with E-state index in [1.165, 1.54) is 18.3 Å². The Balaban J connectivity index is 2.23. The Hall–Kier alpha value is -2.42. The molecule has 0 unspecified atom stereocenters. The Morgan fingerprint density at radius 3 is 2.57 bits per heavy atom. The molecule has 0 aliphatic carbocycles. The molecule has 0 atom stereocenters. The molecule has 0 saturated carbocycles. The van der Waals surface area contributed by atoms with Crippen LogP contribution in [0.2, 0.25) is 0 Å². The van der Waals surface area contributed by atoms with Crippen LogP contribution in [0.4, 0.5) is 5.69 Å². The Bertz CT molecular complexity index is 746. The Morgan fingerprint density at radius 1 is 1.38 bits per heavy atom. The van der Waals surface area contributed by atoms with Crippen LogP contribution in [-0.2, 0) is 21.2 Å². The lowest BCUT2D eigenvalue weighted by Crippen LogP contribution is -2.15. The van der Waals surface area contributed by atoms with Crippen LogP contribution in [0, 0.1) is 13.8 Å². The topological polar surface area (TPSA) is 125 Å². The van der Waals surface area contributed by atoms with Crippen LogP contribution in [0.15, 0.2) is 23.2 Å². The maximum atomic E-state index is 12.3. The predicted molar refractivity (Wildman–Crippen MR) is 74.4 cm³/mol. The smallest absolute Gasteiger partial charge is 0.309 e. The molecule has 0 aliphatic rings. The highest BCUT2D eigenvalue weighted by Gasteiger charge is 2.22. The lowest BCUT2D eigenvalue weighted by molar-refractivity contribution is -0.136. The number of aliphatic carboxylic acids is 1. The number of rotatable bonds is 5. The van der Waals surface area contributed by atoms with Gasteiger partial charge in [0.15, 0.2) is 0 Å². The molecule has 0 saturated heterocycles. The van der Waals surface area contributed by atoms with Crippen molar-refractivity contribution in [2.75, 3.05) is 4.72 Å². The highest BCUT2D eigenvalue weighted by molar-refractivity contribution is 7.92. The average molecular weight is 310 g/mol. The van der Waals surface area contributed by atoms with Crippen molar-refractivity contribution < 1.29 is 18.3 Å². The maximum absolute atomic E-state index is 12.3. The summed E-state index contributed by atoms with van der Waals surface area (Å²) in [7, 11) is -3.77. The molecule has 2 rings (SSSR count). The molecule has 0 radical (unpaired) electrons. The first-order chi connectivity index (χ1) is 9.79. The van der Waals surface area contributed by atoms with Crippen molar-refractivity contribution >= 4 is 21.7 Å². The summed E-state index contributed by atoms with van der Waals surface area (Å²) < 4.78 is 26.9. The van der Waals surface area contributed by atoms with Crippen LogP contribution in [0.25, 0.3) is 0 Å². The molecule has 0 amide bonds. The lowest BCUT2D eigenvalue weighted by atomic mass is 10.3. The summed E-state index contributed by atoms with van der Waals surface area (Å²) in [6.45, 7) is 3.20. The second-order valence-corrected chi connectivity index (χ2v) is 6.10. The number of carbonyl (C=O) groups is 1. The molecule has 3 N–H and O–H groups in total. The minimum atomic E-state index is -3.77. The van der Waals surface area contributed by atoms with E-state index in [0.29, 0.717) is 17.1 Å². The van der Waals surface area contributed by atoms with E-state index in [-0.39, 0.29) is 17.0 Å². The SMILES string of the molecule is Cc1n[nH]c(C)c1S(=O)(=O)Nc1ccc(CC(=O)O)nc1. The number of hydrogen-bond donors (Lipinski definition) is 3. The standard InChI is InChI=1S/C12H14N4O4S/c1-7-12(8(2)15-14-7)21(19,20)16-10-4-3-9(13-6-10)5-11(17)18/h3-4,6,16H,5H2,1-2H3,(H,14,15)(H,17,18). The van der Waals surface area contributed by atoms with Gasteiger partial charge in [-0.05, 0) is 26.0 Å². The van der Waals surface area contributed by atoms with Gasteiger partial charge in [0.25, 0.3) is 10.0 Å². The summed E-state index contributed by atoms with van der Waals surface area (Å²) in [5, 5.41) is 15.1. The summed E-state index contributed by atoms with van der Waals surface area (Å²) >= 11 is 0. The number of pyridine rings is 1. The zero-order valence-corrected chi connectivity index (χ0v) is 12.2. The Labute approximate surface area is 121 Å². The van der Waals surface area contributed by atoms with Crippen molar-refractivity contribution in [3.8, 4) is 0 Å². The molecule has 0 fully saturated rings. The fourth-order valence-corrected chi connectivity index (χ4v) is 3.30. The molecule has 0 aromatic carbocycles. The van der Waals surface area contributed by atoms with Gasteiger partial charge >= 0.3 is 5.97 Å². The van der Waals surface area contributed by atoms with Crippen LogP contribution in [-0.4, -0.2) is 34.7 Å². The fraction of sp³-hybridized carbons (Fsp3) is 0.250. The van der Waals surface area contributed by atoms with E-state index < -0.39 is 16.0 Å². The summed E-state index contributed by atoms with van der Waals surface area (Å²) in [5.41, 5.74) is 1.41. The third-order valence-electron chi connectivity index (χ3n) is 2.74. The zero-order valence-electron chi connectivity index (χ0n) is 11.4. The minimum absolute atomic E-state index is 0.0945. The van der Waals surface area contributed by atoms with Crippen LogP contribution < -0.4 is 4.72 Å². The number of aromatic nitrogens is 3. The Morgan fingerprint density at radius 2 is 2.10 bits per heavy atom. The van der Waals surface area contributed by atoms with E-state index in [4.69, 9.17) is 5.11 Å². The number of carboxylic acids is 1. The number of carboxylic acid groups (broad SMARTS) is 1. The van der Waals surface area contributed by atoms with Gasteiger partial charge in [-0.15, -0.1) is 0 Å². The monoisotopic (exact) mass is 310 g/mol. The third kappa shape index (κ3) is 3.37. The molecule has 9 heteroatoms. The molecule has 2 aromatic rings. The van der Waals surface area contributed by atoms with Crippen molar-refractivity contribution in [1.82, 2.24) is 15.2 Å². The van der Waals surface area contributed by atoms with Gasteiger partial charge in [0.2, 0.25) is 0 Å². The van der Waals surface area contributed by atoms with Crippen LogP contribution in [0.1, 0.15) is 17.1 Å². The van der Waals surface area contributed by atoms with Crippen LogP contribution in [0.3, 0.4) is 0 Å². The van der Waals surface area contributed by atoms with Crippen molar-refractivity contribution in [2.24, 2.45) is 0 Å². The number of H-pyrrole nitrogens is 1.